The van der Waals surface area contributed by atoms with E-state index < -0.39 is 0 Å². The summed E-state index contributed by atoms with van der Waals surface area (Å²) < 4.78 is 5.35. The van der Waals surface area contributed by atoms with Gasteiger partial charge in [0.15, 0.2) is 0 Å². The number of carbonyl (C=O) groups is 1. The largest absolute Gasteiger partial charge is 0.381 e. The van der Waals surface area contributed by atoms with Gasteiger partial charge in [0.1, 0.15) is 0 Å². The van der Waals surface area contributed by atoms with Crippen LogP contribution < -0.4 is 10.6 Å². The standard InChI is InChI=1S/C11H20N2O2.ClH/c1-11(2)8(4-9(11)15-3)13-10(14)7-5-12-6-7;/h7-9,12H,4-6H2,1-3H3,(H,13,14);1H. The van der Waals surface area contributed by atoms with E-state index >= 15 is 0 Å². The predicted octanol–water partition coefficient (Wildman–Crippen LogP) is 0.557. The molecule has 0 aromatic heterocycles. The SMILES string of the molecule is COC1CC(NC(=O)C2CNC2)C1(C)C.Cl. The second kappa shape index (κ2) is 4.90. The van der Waals surface area contributed by atoms with Crippen LogP contribution in [0.5, 0.6) is 0 Å². The maximum absolute atomic E-state index is 11.7. The molecule has 0 bridgehead atoms. The normalized spacial score (nSPS) is 31.9. The van der Waals surface area contributed by atoms with Gasteiger partial charge in [0, 0.05) is 31.7 Å². The molecule has 1 saturated carbocycles. The summed E-state index contributed by atoms with van der Waals surface area (Å²) in [6.07, 6.45) is 1.22. The van der Waals surface area contributed by atoms with E-state index in [2.05, 4.69) is 24.5 Å². The highest BCUT2D eigenvalue weighted by molar-refractivity contribution is 5.85. The summed E-state index contributed by atoms with van der Waals surface area (Å²) in [5.41, 5.74) is 0.0710. The van der Waals surface area contributed by atoms with E-state index in [0.717, 1.165) is 19.5 Å². The Balaban J connectivity index is 0.00000128. The molecular formula is C11H21ClN2O2. The van der Waals surface area contributed by atoms with Gasteiger partial charge in [-0.15, -0.1) is 12.4 Å². The first-order chi connectivity index (χ1) is 7.05. The molecule has 2 fully saturated rings. The molecule has 1 aliphatic carbocycles. The number of halogens is 1. The molecule has 1 heterocycles. The van der Waals surface area contributed by atoms with Crippen molar-refractivity contribution in [3.05, 3.63) is 0 Å². The lowest BCUT2D eigenvalue weighted by Crippen LogP contribution is -2.64. The smallest absolute Gasteiger partial charge is 0.225 e. The molecule has 2 unspecified atom stereocenters. The van der Waals surface area contributed by atoms with Crippen LogP contribution in [-0.4, -0.2) is 38.3 Å². The third-order valence-electron chi connectivity index (χ3n) is 3.93. The average molecular weight is 249 g/mol. The Kier molecular flexibility index (Phi) is 4.21. The second-order valence-electron chi connectivity index (χ2n) is 5.20. The number of hydrogen-bond donors (Lipinski definition) is 2. The topological polar surface area (TPSA) is 50.4 Å². The van der Waals surface area contributed by atoms with Crippen LogP contribution in [0.3, 0.4) is 0 Å². The van der Waals surface area contributed by atoms with E-state index in [1.54, 1.807) is 7.11 Å². The molecule has 16 heavy (non-hydrogen) atoms. The zero-order valence-corrected chi connectivity index (χ0v) is 10.9. The van der Waals surface area contributed by atoms with Crippen molar-refractivity contribution < 1.29 is 9.53 Å². The van der Waals surface area contributed by atoms with Crippen LogP contribution in [0, 0.1) is 11.3 Å². The molecule has 94 valence electrons. The fraction of sp³-hybridized carbons (Fsp3) is 0.909. The average Bonchev–Trinajstić information content (AvgIpc) is 2.08. The van der Waals surface area contributed by atoms with Crippen molar-refractivity contribution in [2.45, 2.75) is 32.4 Å². The van der Waals surface area contributed by atoms with Crippen LogP contribution in [0.4, 0.5) is 0 Å². The van der Waals surface area contributed by atoms with Gasteiger partial charge in [-0.1, -0.05) is 13.8 Å². The number of hydrogen-bond acceptors (Lipinski definition) is 3. The van der Waals surface area contributed by atoms with Gasteiger partial charge >= 0.3 is 0 Å². The predicted molar refractivity (Wildman–Crippen MR) is 64.7 cm³/mol. The van der Waals surface area contributed by atoms with Crippen LogP contribution in [-0.2, 0) is 9.53 Å². The van der Waals surface area contributed by atoms with Crippen molar-refractivity contribution in [2.75, 3.05) is 20.2 Å². The molecule has 0 aromatic carbocycles. The molecule has 2 N–H and O–H groups in total. The third kappa shape index (κ3) is 2.19. The Morgan fingerprint density at radius 3 is 2.44 bits per heavy atom. The van der Waals surface area contributed by atoms with Gasteiger partial charge in [-0.2, -0.15) is 0 Å². The molecule has 4 nitrogen and oxygen atoms in total. The van der Waals surface area contributed by atoms with E-state index in [1.165, 1.54) is 0 Å². The van der Waals surface area contributed by atoms with Gasteiger partial charge in [0.2, 0.25) is 5.91 Å². The van der Waals surface area contributed by atoms with Gasteiger partial charge in [-0.25, -0.2) is 0 Å². The molecule has 1 amide bonds. The monoisotopic (exact) mass is 248 g/mol. The highest BCUT2D eigenvalue weighted by Gasteiger charge is 2.49. The van der Waals surface area contributed by atoms with Gasteiger partial charge in [0.25, 0.3) is 0 Å². The molecule has 2 aliphatic rings. The van der Waals surface area contributed by atoms with Crippen molar-refractivity contribution in [1.29, 1.82) is 0 Å². The summed E-state index contributed by atoms with van der Waals surface area (Å²) >= 11 is 0. The number of rotatable bonds is 3. The van der Waals surface area contributed by atoms with Crippen molar-refractivity contribution in [2.24, 2.45) is 11.3 Å². The van der Waals surface area contributed by atoms with Crippen LogP contribution >= 0.6 is 12.4 Å². The summed E-state index contributed by atoms with van der Waals surface area (Å²) in [7, 11) is 1.74. The highest BCUT2D eigenvalue weighted by Crippen LogP contribution is 2.42. The van der Waals surface area contributed by atoms with Gasteiger partial charge in [0.05, 0.1) is 12.0 Å². The second-order valence-corrected chi connectivity index (χ2v) is 5.20. The van der Waals surface area contributed by atoms with Crippen LogP contribution in [0.25, 0.3) is 0 Å². The Bertz CT molecular complexity index is 267. The summed E-state index contributed by atoms with van der Waals surface area (Å²) in [6, 6.07) is 0.274. The lowest BCUT2D eigenvalue weighted by Gasteiger charge is -2.51. The number of amides is 1. The van der Waals surface area contributed by atoms with Crippen LogP contribution in [0.2, 0.25) is 0 Å². The van der Waals surface area contributed by atoms with Crippen LogP contribution in [0.1, 0.15) is 20.3 Å². The summed E-state index contributed by atoms with van der Waals surface area (Å²) in [4.78, 5) is 11.7. The first-order valence-corrected chi connectivity index (χ1v) is 5.59. The first-order valence-electron chi connectivity index (χ1n) is 5.59. The maximum Gasteiger partial charge on any atom is 0.225 e. The Morgan fingerprint density at radius 1 is 1.44 bits per heavy atom. The van der Waals surface area contributed by atoms with E-state index in [-0.39, 0.29) is 41.8 Å². The molecule has 1 saturated heterocycles. The van der Waals surface area contributed by atoms with E-state index in [4.69, 9.17) is 4.74 Å². The minimum Gasteiger partial charge on any atom is -0.381 e. The van der Waals surface area contributed by atoms with Gasteiger partial charge in [-0.05, 0) is 6.42 Å². The highest BCUT2D eigenvalue weighted by atomic mass is 35.5. The molecular weight excluding hydrogens is 228 g/mol. The fourth-order valence-electron chi connectivity index (χ4n) is 2.29. The molecule has 0 spiro atoms. The number of nitrogens with one attached hydrogen (secondary N) is 2. The Labute approximate surface area is 103 Å². The molecule has 2 atom stereocenters. The lowest BCUT2D eigenvalue weighted by atomic mass is 9.64. The molecule has 0 radical (unpaired) electrons. The Morgan fingerprint density at radius 2 is 2.06 bits per heavy atom. The third-order valence-corrected chi connectivity index (χ3v) is 3.93. The fourth-order valence-corrected chi connectivity index (χ4v) is 2.29. The van der Waals surface area contributed by atoms with Crippen LogP contribution in [0.15, 0.2) is 0 Å². The van der Waals surface area contributed by atoms with Gasteiger partial charge < -0.3 is 15.4 Å². The van der Waals surface area contributed by atoms with Crippen molar-refractivity contribution in [1.82, 2.24) is 10.6 Å². The van der Waals surface area contributed by atoms with E-state index in [9.17, 15) is 4.79 Å². The lowest BCUT2D eigenvalue weighted by molar-refractivity contribution is -0.137. The van der Waals surface area contributed by atoms with E-state index in [1.807, 2.05) is 0 Å². The summed E-state index contributed by atoms with van der Waals surface area (Å²) in [5, 5.41) is 6.22. The van der Waals surface area contributed by atoms with E-state index in [0.29, 0.717) is 0 Å². The molecule has 1 aliphatic heterocycles. The Hall–Kier alpha value is -0.320. The zero-order valence-electron chi connectivity index (χ0n) is 10.1. The number of methoxy groups -OCH3 is 1. The first kappa shape index (κ1) is 13.7. The van der Waals surface area contributed by atoms with Gasteiger partial charge in [-0.3, -0.25) is 4.79 Å². The molecule has 5 heteroatoms. The quantitative estimate of drug-likeness (QED) is 0.767. The number of carbonyl (C=O) groups excluding carboxylic acids is 1. The zero-order chi connectivity index (χ0) is 11.1. The van der Waals surface area contributed by atoms with Crippen molar-refractivity contribution in [3.63, 3.8) is 0 Å². The van der Waals surface area contributed by atoms with Crippen molar-refractivity contribution in [3.8, 4) is 0 Å². The minimum absolute atomic E-state index is 0. The summed E-state index contributed by atoms with van der Waals surface area (Å²) in [6.45, 7) is 5.95. The summed E-state index contributed by atoms with van der Waals surface area (Å²) in [5.74, 6) is 0.378. The maximum atomic E-state index is 11.7. The minimum atomic E-state index is 0. The van der Waals surface area contributed by atoms with Crippen molar-refractivity contribution >= 4 is 18.3 Å². The molecule has 0 aromatic rings. The number of ether oxygens (including phenoxy) is 1. The molecule has 2 rings (SSSR count).